The number of nitrogens with two attached hydrogens (primary N) is 1. The van der Waals surface area contributed by atoms with Gasteiger partial charge in [0.05, 0.1) is 0 Å². The summed E-state index contributed by atoms with van der Waals surface area (Å²) in [5.74, 6) is 0. The smallest absolute Gasteiger partial charge is 0.0159 e. The molecule has 0 bridgehead atoms. The summed E-state index contributed by atoms with van der Waals surface area (Å²) in [6.07, 6.45) is 7.08. The van der Waals surface area contributed by atoms with Crippen LogP contribution >= 0.6 is 0 Å². The van der Waals surface area contributed by atoms with Crippen LogP contribution in [0.5, 0.6) is 0 Å². The zero-order chi connectivity index (χ0) is 11.4. The van der Waals surface area contributed by atoms with Crippen LogP contribution in [0.2, 0.25) is 0 Å². The maximum Gasteiger partial charge on any atom is 0.0159 e. The lowest BCUT2D eigenvalue weighted by Crippen LogP contribution is -2.46. The minimum absolute atomic E-state index is 0.435. The first-order valence-corrected chi connectivity index (χ1v) is 6.25. The normalized spacial score (nSPS) is 18.7. The van der Waals surface area contributed by atoms with Gasteiger partial charge < -0.3 is 15.6 Å². The molecule has 1 saturated carbocycles. The van der Waals surface area contributed by atoms with Crippen LogP contribution in [0.1, 0.15) is 25.0 Å². The van der Waals surface area contributed by atoms with Crippen molar-refractivity contribution in [2.75, 3.05) is 26.7 Å². The molecule has 90 valence electrons. The van der Waals surface area contributed by atoms with Gasteiger partial charge in [-0.15, -0.1) is 0 Å². The fourth-order valence-electron chi connectivity index (χ4n) is 2.59. The van der Waals surface area contributed by atoms with Crippen LogP contribution in [0, 0.1) is 5.41 Å². The fraction of sp³-hybridized carbons (Fsp3) is 0.692. The van der Waals surface area contributed by atoms with Crippen molar-refractivity contribution < 1.29 is 0 Å². The van der Waals surface area contributed by atoms with Crippen LogP contribution in [0.4, 0.5) is 0 Å². The van der Waals surface area contributed by atoms with Crippen molar-refractivity contribution in [3.63, 3.8) is 0 Å². The van der Waals surface area contributed by atoms with Crippen molar-refractivity contribution in [2.45, 2.75) is 25.7 Å². The van der Waals surface area contributed by atoms with Crippen molar-refractivity contribution in [1.82, 2.24) is 9.88 Å². The quantitative estimate of drug-likeness (QED) is 0.766. The Balaban J connectivity index is 1.73. The van der Waals surface area contributed by atoms with E-state index < -0.39 is 0 Å². The Hall–Kier alpha value is -0.800. The third-order valence-corrected chi connectivity index (χ3v) is 3.88. The predicted octanol–water partition coefficient (Wildman–Crippen LogP) is 1.62. The largest absolute Gasteiger partial charge is 0.365 e. The summed E-state index contributed by atoms with van der Waals surface area (Å²) in [6, 6.07) is 4.21. The highest BCUT2D eigenvalue weighted by molar-refractivity contribution is 5.04. The molecule has 0 saturated heterocycles. The molecule has 0 aliphatic heterocycles. The summed E-state index contributed by atoms with van der Waals surface area (Å²) in [5.41, 5.74) is 7.63. The van der Waals surface area contributed by atoms with Crippen LogP contribution in [-0.4, -0.2) is 36.6 Å². The van der Waals surface area contributed by atoms with Gasteiger partial charge in [0.25, 0.3) is 0 Å². The van der Waals surface area contributed by atoms with E-state index in [9.17, 15) is 0 Å². The van der Waals surface area contributed by atoms with E-state index in [2.05, 4.69) is 29.1 Å². The Bertz CT molecular complexity index is 295. The molecular weight excluding hydrogens is 198 g/mol. The highest BCUT2D eigenvalue weighted by Gasteiger charge is 2.36. The average molecular weight is 221 g/mol. The molecule has 0 unspecified atom stereocenters. The molecule has 1 fully saturated rings. The van der Waals surface area contributed by atoms with E-state index in [1.807, 2.05) is 6.20 Å². The summed E-state index contributed by atoms with van der Waals surface area (Å²) in [7, 11) is 2.21. The summed E-state index contributed by atoms with van der Waals surface area (Å²) < 4.78 is 0. The minimum atomic E-state index is 0.435. The zero-order valence-electron chi connectivity index (χ0n) is 10.2. The average Bonchev–Trinajstić information content (AvgIpc) is 2.73. The Kier molecular flexibility index (Phi) is 3.66. The van der Waals surface area contributed by atoms with Gasteiger partial charge in [0.1, 0.15) is 0 Å². The molecule has 1 heterocycles. The second kappa shape index (κ2) is 5.02. The number of likely N-dealkylation sites (N-methyl/N-ethyl adjacent to an activating group) is 1. The summed E-state index contributed by atoms with van der Waals surface area (Å²) in [6.45, 7) is 3.12. The third-order valence-electron chi connectivity index (χ3n) is 3.88. The van der Waals surface area contributed by atoms with Gasteiger partial charge in [0.2, 0.25) is 0 Å². The second-order valence-corrected chi connectivity index (χ2v) is 5.24. The Morgan fingerprint density at radius 2 is 2.31 bits per heavy atom. The number of hydrogen-bond donors (Lipinski definition) is 2. The molecule has 0 aromatic carbocycles. The lowest BCUT2D eigenvalue weighted by Gasteiger charge is -2.43. The second-order valence-electron chi connectivity index (χ2n) is 5.24. The first-order valence-electron chi connectivity index (χ1n) is 6.25. The number of H-pyrrole nitrogens is 1. The first kappa shape index (κ1) is 11.7. The number of rotatable bonds is 6. The number of nitrogens with zero attached hydrogens (tertiary/aromatic N) is 1. The lowest BCUT2D eigenvalue weighted by atomic mass is 9.68. The maximum atomic E-state index is 5.87. The molecule has 0 atom stereocenters. The number of aromatic nitrogens is 1. The Morgan fingerprint density at radius 3 is 2.81 bits per heavy atom. The third kappa shape index (κ3) is 2.66. The van der Waals surface area contributed by atoms with Crippen LogP contribution in [0.15, 0.2) is 18.3 Å². The van der Waals surface area contributed by atoms with Crippen LogP contribution < -0.4 is 5.73 Å². The van der Waals surface area contributed by atoms with E-state index in [4.69, 9.17) is 5.73 Å². The topological polar surface area (TPSA) is 45.0 Å². The van der Waals surface area contributed by atoms with Crippen molar-refractivity contribution in [3.8, 4) is 0 Å². The van der Waals surface area contributed by atoms with Crippen molar-refractivity contribution in [2.24, 2.45) is 11.1 Å². The standard InChI is InChI=1S/C13H23N3/c1-16(9-5-12-4-2-8-15-12)11-13(10-14)6-3-7-13/h2,4,8,15H,3,5-7,9-11,14H2,1H3. The number of hydrogen-bond acceptors (Lipinski definition) is 2. The molecule has 2 rings (SSSR count). The maximum absolute atomic E-state index is 5.87. The van der Waals surface area contributed by atoms with E-state index in [0.29, 0.717) is 5.41 Å². The van der Waals surface area contributed by atoms with Gasteiger partial charge in [0, 0.05) is 31.4 Å². The molecule has 3 heteroatoms. The molecule has 0 amide bonds. The van der Waals surface area contributed by atoms with Gasteiger partial charge in [-0.1, -0.05) is 6.42 Å². The molecule has 1 aromatic rings. The molecule has 3 nitrogen and oxygen atoms in total. The molecule has 0 spiro atoms. The highest BCUT2D eigenvalue weighted by atomic mass is 15.1. The molecule has 1 aromatic heterocycles. The monoisotopic (exact) mass is 221 g/mol. The van der Waals surface area contributed by atoms with E-state index in [-0.39, 0.29) is 0 Å². The van der Waals surface area contributed by atoms with E-state index in [1.165, 1.54) is 25.0 Å². The number of nitrogens with one attached hydrogen (secondary N) is 1. The number of aromatic amines is 1. The van der Waals surface area contributed by atoms with E-state index >= 15 is 0 Å². The minimum Gasteiger partial charge on any atom is -0.365 e. The molecule has 1 aliphatic rings. The summed E-state index contributed by atoms with van der Waals surface area (Å²) in [4.78, 5) is 5.67. The first-order chi connectivity index (χ1) is 7.74. The Morgan fingerprint density at radius 1 is 1.50 bits per heavy atom. The van der Waals surface area contributed by atoms with Gasteiger partial charge in [-0.25, -0.2) is 0 Å². The van der Waals surface area contributed by atoms with E-state index in [1.54, 1.807) is 0 Å². The molecule has 1 aliphatic carbocycles. The zero-order valence-corrected chi connectivity index (χ0v) is 10.2. The van der Waals surface area contributed by atoms with Crippen molar-refractivity contribution >= 4 is 0 Å². The summed E-state index contributed by atoms with van der Waals surface area (Å²) in [5, 5.41) is 0. The molecule has 16 heavy (non-hydrogen) atoms. The lowest BCUT2D eigenvalue weighted by molar-refractivity contribution is 0.0881. The van der Waals surface area contributed by atoms with Gasteiger partial charge in [-0.3, -0.25) is 0 Å². The van der Waals surface area contributed by atoms with Crippen LogP contribution in [0.25, 0.3) is 0 Å². The fourth-order valence-corrected chi connectivity index (χ4v) is 2.59. The highest BCUT2D eigenvalue weighted by Crippen LogP contribution is 2.40. The van der Waals surface area contributed by atoms with Crippen molar-refractivity contribution in [3.05, 3.63) is 24.0 Å². The summed E-state index contributed by atoms with van der Waals surface area (Å²) >= 11 is 0. The van der Waals surface area contributed by atoms with Gasteiger partial charge in [-0.2, -0.15) is 0 Å². The van der Waals surface area contributed by atoms with Crippen LogP contribution in [-0.2, 0) is 6.42 Å². The molecule has 3 N–H and O–H groups in total. The van der Waals surface area contributed by atoms with Gasteiger partial charge in [0.15, 0.2) is 0 Å². The van der Waals surface area contributed by atoms with Gasteiger partial charge in [-0.05, 0) is 44.0 Å². The van der Waals surface area contributed by atoms with Gasteiger partial charge >= 0.3 is 0 Å². The SMILES string of the molecule is CN(CCc1ccc[nH]1)CC1(CN)CCC1. The predicted molar refractivity (Wildman–Crippen MR) is 67.3 cm³/mol. The molecule has 0 radical (unpaired) electrons. The van der Waals surface area contributed by atoms with E-state index in [0.717, 1.165) is 26.1 Å². The van der Waals surface area contributed by atoms with Crippen molar-refractivity contribution in [1.29, 1.82) is 0 Å². The van der Waals surface area contributed by atoms with Crippen LogP contribution in [0.3, 0.4) is 0 Å². The molecular formula is C13H23N3. The Labute approximate surface area is 98.0 Å².